The maximum absolute atomic E-state index is 13.3. The van der Waals surface area contributed by atoms with E-state index in [4.69, 9.17) is 4.74 Å². The van der Waals surface area contributed by atoms with Gasteiger partial charge in [0.15, 0.2) is 0 Å². The Morgan fingerprint density at radius 2 is 1.90 bits per heavy atom. The number of hydrogen-bond acceptors (Lipinski definition) is 2. The fraction of sp³-hybridized carbons (Fsp3) is 0.320. The Morgan fingerprint density at radius 1 is 1.07 bits per heavy atom. The first-order chi connectivity index (χ1) is 14.1. The number of benzene rings is 2. The van der Waals surface area contributed by atoms with Crippen LogP contribution in [0, 0.1) is 6.92 Å². The summed E-state index contributed by atoms with van der Waals surface area (Å²) in [5, 5.41) is 0. The second-order valence-corrected chi connectivity index (χ2v) is 7.37. The molecule has 29 heavy (non-hydrogen) atoms. The van der Waals surface area contributed by atoms with Gasteiger partial charge in [0, 0.05) is 30.5 Å². The first kappa shape index (κ1) is 20.7. The van der Waals surface area contributed by atoms with E-state index in [1.54, 1.807) is 7.11 Å². The average Bonchev–Trinajstić information content (AvgIpc) is 3.17. The lowest BCUT2D eigenvalue weighted by Gasteiger charge is -2.24. The van der Waals surface area contributed by atoms with Gasteiger partial charge in [0.1, 0.15) is 5.75 Å². The Hall–Kier alpha value is -3.01. The van der Waals surface area contributed by atoms with Crippen LogP contribution in [0.2, 0.25) is 0 Å². The minimum Gasteiger partial charge on any atom is -0.497 e. The molecule has 2 aromatic carbocycles. The van der Waals surface area contributed by atoms with Crippen LogP contribution in [0.25, 0.3) is 0 Å². The standard InChI is InChI=1S/C25H30N2O2/c1-4-5-15-27(25(28)24-14-7-6-10-20(24)2)19-22-12-9-16-26(22)18-21-11-8-13-23(17-21)29-3/h6-14,16-17H,4-5,15,18-19H2,1-3H3. The van der Waals surface area contributed by atoms with Crippen molar-refractivity contribution in [1.82, 2.24) is 9.47 Å². The zero-order valence-corrected chi connectivity index (χ0v) is 17.6. The fourth-order valence-electron chi connectivity index (χ4n) is 3.49. The molecule has 0 aliphatic rings. The first-order valence-electron chi connectivity index (χ1n) is 10.2. The van der Waals surface area contributed by atoms with Gasteiger partial charge >= 0.3 is 0 Å². The Balaban J connectivity index is 1.81. The Kier molecular flexibility index (Phi) is 7.12. The molecule has 4 heteroatoms. The van der Waals surface area contributed by atoms with E-state index >= 15 is 0 Å². The molecule has 1 aromatic heterocycles. The van der Waals surface area contributed by atoms with E-state index in [1.807, 2.05) is 54.3 Å². The van der Waals surface area contributed by atoms with Crippen molar-refractivity contribution in [2.24, 2.45) is 0 Å². The molecule has 1 heterocycles. The normalized spacial score (nSPS) is 10.7. The van der Waals surface area contributed by atoms with Crippen molar-refractivity contribution in [3.8, 4) is 5.75 Å². The molecule has 0 atom stereocenters. The van der Waals surface area contributed by atoms with Crippen molar-refractivity contribution in [3.63, 3.8) is 0 Å². The monoisotopic (exact) mass is 390 g/mol. The van der Waals surface area contributed by atoms with E-state index in [1.165, 1.54) is 5.56 Å². The summed E-state index contributed by atoms with van der Waals surface area (Å²) in [5.41, 5.74) is 4.11. The summed E-state index contributed by atoms with van der Waals surface area (Å²) in [5.74, 6) is 0.959. The van der Waals surface area contributed by atoms with Crippen molar-refractivity contribution in [1.29, 1.82) is 0 Å². The molecule has 0 saturated heterocycles. The number of amides is 1. The summed E-state index contributed by atoms with van der Waals surface area (Å²) >= 11 is 0. The molecule has 0 N–H and O–H groups in total. The van der Waals surface area contributed by atoms with E-state index in [0.29, 0.717) is 6.54 Å². The average molecular weight is 391 g/mol. The first-order valence-corrected chi connectivity index (χ1v) is 10.2. The summed E-state index contributed by atoms with van der Waals surface area (Å²) in [6.45, 7) is 6.26. The minimum absolute atomic E-state index is 0.102. The molecule has 152 valence electrons. The highest BCUT2D eigenvalue weighted by atomic mass is 16.5. The van der Waals surface area contributed by atoms with Crippen molar-refractivity contribution in [2.45, 2.75) is 39.8 Å². The lowest BCUT2D eigenvalue weighted by molar-refractivity contribution is 0.0736. The third-order valence-corrected chi connectivity index (χ3v) is 5.21. The summed E-state index contributed by atoms with van der Waals surface area (Å²) in [4.78, 5) is 15.2. The van der Waals surface area contributed by atoms with Crippen LogP contribution < -0.4 is 4.74 Å². The lowest BCUT2D eigenvalue weighted by atomic mass is 10.1. The van der Waals surface area contributed by atoms with E-state index in [-0.39, 0.29) is 5.91 Å². The summed E-state index contributed by atoms with van der Waals surface area (Å²) in [6.07, 6.45) is 4.13. The van der Waals surface area contributed by atoms with Gasteiger partial charge in [-0.2, -0.15) is 0 Å². The van der Waals surface area contributed by atoms with Gasteiger partial charge in [-0.25, -0.2) is 0 Å². The number of aromatic nitrogens is 1. The number of aryl methyl sites for hydroxylation is 1. The maximum atomic E-state index is 13.3. The minimum atomic E-state index is 0.102. The molecule has 0 aliphatic carbocycles. The van der Waals surface area contributed by atoms with E-state index in [9.17, 15) is 4.79 Å². The van der Waals surface area contributed by atoms with E-state index in [0.717, 1.165) is 48.5 Å². The zero-order chi connectivity index (χ0) is 20.6. The second-order valence-electron chi connectivity index (χ2n) is 7.37. The molecule has 0 bridgehead atoms. The largest absolute Gasteiger partial charge is 0.497 e. The molecule has 3 aromatic rings. The molecule has 1 amide bonds. The van der Waals surface area contributed by atoms with Gasteiger partial charge in [-0.3, -0.25) is 4.79 Å². The van der Waals surface area contributed by atoms with Crippen LogP contribution in [0.15, 0.2) is 66.9 Å². The number of hydrogen-bond donors (Lipinski definition) is 0. The maximum Gasteiger partial charge on any atom is 0.254 e. The highest BCUT2D eigenvalue weighted by molar-refractivity contribution is 5.95. The molecule has 4 nitrogen and oxygen atoms in total. The number of ether oxygens (including phenoxy) is 1. The van der Waals surface area contributed by atoms with Crippen molar-refractivity contribution in [3.05, 3.63) is 89.2 Å². The molecule has 0 spiro atoms. The predicted octanol–water partition coefficient (Wildman–Crippen LogP) is 5.30. The molecular formula is C25H30N2O2. The third-order valence-electron chi connectivity index (χ3n) is 5.21. The number of rotatable bonds is 9. The molecular weight excluding hydrogens is 360 g/mol. The fourth-order valence-corrected chi connectivity index (χ4v) is 3.49. The van der Waals surface area contributed by atoms with Crippen LogP contribution in [-0.4, -0.2) is 29.0 Å². The summed E-state index contributed by atoms with van der Waals surface area (Å²) < 4.78 is 7.55. The number of carbonyl (C=O) groups is 1. The van der Waals surface area contributed by atoms with Gasteiger partial charge in [-0.05, 0) is 54.8 Å². The topological polar surface area (TPSA) is 34.5 Å². The molecule has 3 rings (SSSR count). The van der Waals surface area contributed by atoms with E-state index < -0.39 is 0 Å². The number of nitrogens with zero attached hydrogens (tertiary/aromatic N) is 2. The third kappa shape index (κ3) is 5.29. The second kappa shape index (κ2) is 9.97. The summed E-state index contributed by atoms with van der Waals surface area (Å²) in [7, 11) is 1.68. The van der Waals surface area contributed by atoms with Crippen molar-refractivity contribution >= 4 is 5.91 Å². The van der Waals surface area contributed by atoms with Gasteiger partial charge in [0.25, 0.3) is 5.91 Å². The van der Waals surface area contributed by atoms with Crippen LogP contribution >= 0.6 is 0 Å². The van der Waals surface area contributed by atoms with Gasteiger partial charge < -0.3 is 14.2 Å². The van der Waals surface area contributed by atoms with Crippen LogP contribution in [0.1, 0.15) is 46.9 Å². The zero-order valence-electron chi connectivity index (χ0n) is 17.6. The van der Waals surface area contributed by atoms with Gasteiger partial charge in [-0.15, -0.1) is 0 Å². The van der Waals surface area contributed by atoms with Crippen LogP contribution in [0.3, 0.4) is 0 Å². The van der Waals surface area contributed by atoms with Gasteiger partial charge in [-0.1, -0.05) is 43.7 Å². The van der Waals surface area contributed by atoms with Gasteiger partial charge in [0.05, 0.1) is 13.7 Å². The molecule has 0 radical (unpaired) electrons. The molecule has 0 fully saturated rings. The quantitative estimate of drug-likeness (QED) is 0.497. The predicted molar refractivity (Wildman–Crippen MR) is 117 cm³/mol. The highest BCUT2D eigenvalue weighted by Crippen LogP contribution is 2.18. The van der Waals surface area contributed by atoms with Crippen molar-refractivity contribution in [2.75, 3.05) is 13.7 Å². The van der Waals surface area contributed by atoms with Gasteiger partial charge in [0.2, 0.25) is 0 Å². The van der Waals surface area contributed by atoms with Crippen LogP contribution in [0.4, 0.5) is 0 Å². The Bertz CT molecular complexity index is 945. The van der Waals surface area contributed by atoms with Crippen LogP contribution in [0.5, 0.6) is 5.75 Å². The SMILES string of the molecule is CCCCN(Cc1cccn1Cc1cccc(OC)c1)C(=O)c1ccccc1C. The van der Waals surface area contributed by atoms with Crippen molar-refractivity contribution < 1.29 is 9.53 Å². The number of carbonyl (C=O) groups excluding carboxylic acids is 1. The summed E-state index contributed by atoms with van der Waals surface area (Å²) in [6, 6.07) is 20.1. The highest BCUT2D eigenvalue weighted by Gasteiger charge is 2.18. The Morgan fingerprint density at radius 3 is 2.66 bits per heavy atom. The lowest BCUT2D eigenvalue weighted by Crippen LogP contribution is -2.32. The number of methoxy groups -OCH3 is 1. The molecule has 0 saturated carbocycles. The molecule has 0 aliphatic heterocycles. The van der Waals surface area contributed by atoms with Crippen LogP contribution in [-0.2, 0) is 13.1 Å². The van der Waals surface area contributed by atoms with E-state index in [2.05, 4.69) is 35.9 Å². The smallest absolute Gasteiger partial charge is 0.254 e. The number of unbranched alkanes of at least 4 members (excludes halogenated alkanes) is 1. The molecule has 0 unspecified atom stereocenters. The Labute approximate surface area is 173 Å².